The lowest BCUT2D eigenvalue weighted by Crippen LogP contribution is -1.95. The van der Waals surface area contributed by atoms with Gasteiger partial charge in [-0.2, -0.15) is 0 Å². The van der Waals surface area contributed by atoms with Crippen LogP contribution in [0.5, 0.6) is 5.75 Å². The third kappa shape index (κ3) is 1.22. The summed E-state index contributed by atoms with van der Waals surface area (Å²) in [7, 11) is 0. The maximum absolute atomic E-state index is 5.54. The Bertz CT molecular complexity index is 313. The van der Waals surface area contributed by atoms with Gasteiger partial charge in [0.2, 0.25) is 0 Å². The van der Waals surface area contributed by atoms with Crippen LogP contribution in [0.15, 0.2) is 30.4 Å². The molecule has 1 aromatic carbocycles. The number of ether oxygens (including phenoxy) is 1. The van der Waals surface area contributed by atoms with Crippen LogP contribution in [0.3, 0.4) is 0 Å². The maximum Gasteiger partial charge on any atom is 0.123 e. The molecule has 0 N–H and O–H groups in total. The summed E-state index contributed by atoms with van der Waals surface area (Å²) in [6.07, 6.45) is 5.24. The van der Waals surface area contributed by atoms with Gasteiger partial charge in [0, 0.05) is 5.56 Å². The highest BCUT2D eigenvalue weighted by Gasteiger charge is 2.06. The fourth-order valence-electron chi connectivity index (χ4n) is 1.48. The molecule has 0 bridgehead atoms. The van der Waals surface area contributed by atoms with Crippen molar-refractivity contribution < 1.29 is 4.74 Å². The Hall–Kier alpha value is -1.24. The van der Waals surface area contributed by atoms with Crippen LogP contribution in [0.2, 0.25) is 0 Å². The molecule has 0 atom stereocenters. The molecule has 0 radical (unpaired) electrons. The lowest BCUT2D eigenvalue weighted by molar-refractivity contribution is 0.362. The number of benzene rings is 1. The van der Waals surface area contributed by atoms with E-state index in [0.717, 1.165) is 12.2 Å². The molecule has 1 aliphatic heterocycles. The van der Waals surface area contributed by atoms with E-state index < -0.39 is 0 Å². The molecule has 12 heavy (non-hydrogen) atoms. The third-order valence-electron chi connectivity index (χ3n) is 2.19. The average Bonchev–Trinajstić information content (AvgIpc) is 2.30. The number of aryl methyl sites for hydroxylation is 1. The van der Waals surface area contributed by atoms with Crippen LogP contribution in [-0.4, -0.2) is 6.61 Å². The Labute approximate surface area is 72.7 Å². The molecule has 1 aromatic rings. The number of hydrogen-bond donors (Lipinski definition) is 0. The smallest absolute Gasteiger partial charge is 0.123 e. The highest BCUT2D eigenvalue weighted by atomic mass is 16.5. The Morgan fingerprint density at radius 2 is 2.17 bits per heavy atom. The molecule has 0 saturated carbocycles. The molecule has 1 nitrogen and oxygen atoms in total. The summed E-state index contributed by atoms with van der Waals surface area (Å²) in [6, 6.07) is 6.20. The van der Waals surface area contributed by atoms with Crippen molar-refractivity contribution in [2.45, 2.75) is 13.3 Å². The molecule has 0 saturated heterocycles. The van der Waals surface area contributed by atoms with Crippen molar-refractivity contribution in [3.05, 3.63) is 41.5 Å². The molecule has 1 heterocycles. The van der Waals surface area contributed by atoms with Gasteiger partial charge < -0.3 is 4.74 Å². The Kier molecular flexibility index (Phi) is 1.86. The van der Waals surface area contributed by atoms with Crippen molar-refractivity contribution >= 4 is 0 Å². The summed E-state index contributed by atoms with van der Waals surface area (Å²) in [6.45, 7) is 2.83. The standard InChI is InChI=1S/C11H12O/c1-9-5-4-7-11-10(9)6-2-3-8-12-11/h2-5,7H,6,8H2,1H3. The average molecular weight is 160 g/mol. The van der Waals surface area contributed by atoms with Gasteiger partial charge in [-0.1, -0.05) is 24.3 Å². The SMILES string of the molecule is Cc1cccc2c1CC=CCO2. The Balaban J connectivity index is 2.48. The lowest BCUT2D eigenvalue weighted by atomic mass is 10.1. The minimum atomic E-state index is 0.705. The molecule has 1 aliphatic rings. The number of hydrogen-bond acceptors (Lipinski definition) is 1. The molecule has 0 fully saturated rings. The molecule has 0 amide bonds. The largest absolute Gasteiger partial charge is 0.489 e. The lowest BCUT2D eigenvalue weighted by Gasteiger charge is -2.08. The zero-order chi connectivity index (χ0) is 8.39. The predicted octanol–water partition coefficient (Wildman–Crippen LogP) is 2.49. The van der Waals surface area contributed by atoms with E-state index in [-0.39, 0.29) is 0 Å². The summed E-state index contributed by atoms with van der Waals surface area (Å²) in [4.78, 5) is 0. The van der Waals surface area contributed by atoms with Gasteiger partial charge in [-0.3, -0.25) is 0 Å². The van der Waals surface area contributed by atoms with Gasteiger partial charge >= 0.3 is 0 Å². The second-order valence-corrected chi connectivity index (χ2v) is 3.04. The van der Waals surface area contributed by atoms with Gasteiger partial charge in [0.1, 0.15) is 12.4 Å². The summed E-state index contributed by atoms with van der Waals surface area (Å²) in [5.41, 5.74) is 2.64. The van der Waals surface area contributed by atoms with Gasteiger partial charge in [-0.05, 0) is 25.0 Å². The monoisotopic (exact) mass is 160 g/mol. The quantitative estimate of drug-likeness (QED) is 0.530. The van der Waals surface area contributed by atoms with Gasteiger partial charge in [-0.15, -0.1) is 0 Å². The Morgan fingerprint density at radius 3 is 3.08 bits per heavy atom. The van der Waals surface area contributed by atoms with E-state index in [1.807, 2.05) is 12.1 Å². The highest BCUT2D eigenvalue weighted by molar-refractivity contribution is 5.41. The van der Waals surface area contributed by atoms with E-state index in [1.54, 1.807) is 0 Å². The third-order valence-corrected chi connectivity index (χ3v) is 2.19. The van der Waals surface area contributed by atoms with Crippen molar-refractivity contribution in [2.75, 3.05) is 6.61 Å². The minimum absolute atomic E-state index is 0.705. The zero-order valence-corrected chi connectivity index (χ0v) is 7.21. The van der Waals surface area contributed by atoms with Crippen molar-refractivity contribution in [3.63, 3.8) is 0 Å². The number of fused-ring (bicyclic) bond motifs is 1. The Morgan fingerprint density at radius 1 is 1.25 bits per heavy atom. The van der Waals surface area contributed by atoms with Crippen molar-refractivity contribution in [3.8, 4) is 5.75 Å². The minimum Gasteiger partial charge on any atom is -0.489 e. The van der Waals surface area contributed by atoms with Crippen LogP contribution in [-0.2, 0) is 6.42 Å². The van der Waals surface area contributed by atoms with Crippen LogP contribution < -0.4 is 4.74 Å². The van der Waals surface area contributed by atoms with E-state index in [2.05, 4.69) is 25.1 Å². The van der Waals surface area contributed by atoms with E-state index in [4.69, 9.17) is 4.74 Å². The molecule has 0 spiro atoms. The van der Waals surface area contributed by atoms with Crippen LogP contribution in [0.4, 0.5) is 0 Å². The van der Waals surface area contributed by atoms with Gasteiger partial charge in [-0.25, -0.2) is 0 Å². The fourth-order valence-corrected chi connectivity index (χ4v) is 1.48. The van der Waals surface area contributed by atoms with Crippen LogP contribution in [0.25, 0.3) is 0 Å². The highest BCUT2D eigenvalue weighted by Crippen LogP contribution is 2.24. The molecule has 0 unspecified atom stereocenters. The maximum atomic E-state index is 5.54. The molecule has 62 valence electrons. The molecular formula is C11H12O. The normalized spacial score (nSPS) is 14.8. The zero-order valence-electron chi connectivity index (χ0n) is 7.21. The first-order valence-corrected chi connectivity index (χ1v) is 4.24. The van der Waals surface area contributed by atoms with E-state index in [9.17, 15) is 0 Å². The molecule has 0 aliphatic carbocycles. The first kappa shape index (κ1) is 7.41. The molecular weight excluding hydrogens is 148 g/mol. The fraction of sp³-hybridized carbons (Fsp3) is 0.273. The first-order valence-electron chi connectivity index (χ1n) is 4.24. The summed E-state index contributed by atoms with van der Waals surface area (Å²) in [5.74, 6) is 1.04. The van der Waals surface area contributed by atoms with Gasteiger partial charge in [0.15, 0.2) is 0 Å². The summed E-state index contributed by atoms with van der Waals surface area (Å²) < 4.78 is 5.54. The first-order chi connectivity index (χ1) is 5.88. The van der Waals surface area contributed by atoms with Crippen LogP contribution in [0, 0.1) is 6.92 Å². The summed E-state index contributed by atoms with van der Waals surface area (Å²) >= 11 is 0. The molecule has 1 heteroatoms. The summed E-state index contributed by atoms with van der Waals surface area (Å²) in [5, 5.41) is 0. The van der Waals surface area contributed by atoms with E-state index in [1.165, 1.54) is 11.1 Å². The molecule has 0 aromatic heterocycles. The van der Waals surface area contributed by atoms with E-state index >= 15 is 0 Å². The number of allylic oxidation sites excluding steroid dienone is 1. The van der Waals surface area contributed by atoms with Crippen molar-refractivity contribution in [1.29, 1.82) is 0 Å². The van der Waals surface area contributed by atoms with Crippen molar-refractivity contribution in [2.24, 2.45) is 0 Å². The second-order valence-electron chi connectivity index (χ2n) is 3.04. The van der Waals surface area contributed by atoms with E-state index in [0.29, 0.717) is 6.61 Å². The van der Waals surface area contributed by atoms with Gasteiger partial charge in [0.05, 0.1) is 0 Å². The molecule has 2 rings (SSSR count). The van der Waals surface area contributed by atoms with Crippen LogP contribution in [0.1, 0.15) is 11.1 Å². The predicted molar refractivity (Wildman–Crippen MR) is 49.5 cm³/mol. The van der Waals surface area contributed by atoms with Crippen molar-refractivity contribution in [1.82, 2.24) is 0 Å². The van der Waals surface area contributed by atoms with Gasteiger partial charge in [0.25, 0.3) is 0 Å². The second kappa shape index (κ2) is 3.02. The van der Waals surface area contributed by atoms with Crippen LogP contribution >= 0.6 is 0 Å². The number of rotatable bonds is 0. The topological polar surface area (TPSA) is 9.23 Å².